The summed E-state index contributed by atoms with van der Waals surface area (Å²) in [5.41, 5.74) is 2.08. The van der Waals surface area contributed by atoms with Gasteiger partial charge in [-0.15, -0.1) is 16.4 Å². The number of anilines is 1. The molecule has 4 rings (SSSR count). The lowest BCUT2D eigenvalue weighted by Crippen LogP contribution is -2.41. The van der Waals surface area contributed by atoms with Crippen LogP contribution in [0.15, 0.2) is 40.3 Å². The summed E-state index contributed by atoms with van der Waals surface area (Å²) >= 11 is 6.77. The van der Waals surface area contributed by atoms with Crippen molar-refractivity contribution in [2.24, 2.45) is 5.92 Å². The zero-order chi connectivity index (χ0) is 19.5. The number of hydrogen-bond donors (Lipinski definition) is 1. The Hall–Kier alpha value is -2.36. The van der Waals surface area contributed by atoms with Gasteiger partial charge in [-0.2, -0.15) is 0 Å². The molecule has 0 radical (unpaired) electrons. The van der Waals surface area contributed by atoms with E-state index in [1.807, 2.05) is 36.6 Å². The lowest BCUT2D eigenvalue weighted by atomic mass is 9.97. The maximum Gasteiger partial charge on any atom is 0.288 e. The van der Waals surface area contributed by atoms with Crippen molar-refractivity contribution in [2.75, 3.05) is 18.4 Å². The van der Waals surface area contributed by atoms with E-state index < -0.39 is 0 Å². The van der Waals surface area contributed by atoms with Crippen molar-refractivity contribution in [3.63, 3.8) is 0 Å². The second-order valence-electron chi connectivity index (χ2n) is 6.92. The standard InChI is InChI=1S/C19H21N5O2S2/c1-13-4-6-14(7-5-13)17-22-24(19(27)26-17)12-23-9-2-3-15(11-23)16(25)21-18-20-8-10-28-18/h4-8,10,15H,2-3,9,11-12H2,1H3,(H,20,21,25)/t15-/m1/s1. The van der Waals surface area contributed by atoms with Crippen LogP contribution in [0.1, 0.15) is 18.4 Å². The van der Waals surface area contributed by atoms with Crippen LogP contribution in [-0.4, -0.2) is 38.7 Å². The van der Waals surface area contributed by atoms with E-state index >= 15 is 0 Å². The van der Waals surface area contributed by atoms with Crippen LogP contribution in [0.4, 0.5) is 5.13 Å². The summed E-state index contributed by atoms with van der Waals surface area (Å²) < 4.78 is 7.37. The first-order valence-electron chi connectivity index (χ1n) is 9.16. The number of carbonyl (C=O) groups excluding carboxylic acids is 1. The van der Waals surface area contributed by atoms with Crippen molar-refractivity contribution >= 4 is 34.6 Å². The van der Waals surface area contributed by atoms with Gasteiger partial charge >= 0.3 is 0 Å². The van der Waals surface area contributed by atoms with Gasteiger partial charge in [-0.1, -0.05) is 17.7 Å². The molecular formula is C19H21N5O2S2. The first-order valence-corrected chi connectivity index (χ1v) is 10.4. The first-order chi connectivity index (χ1) is 13.6. The lowest BCUT2D eigenvalue weighted by molar-refractivity contribution is -0.121. The Morgan fingerprint density at radius 1 is 1.39 bits per heavy atom. The van der Waals surface area contributed by atoms with Crippen LogP contribution in [0.5, 0.6) is 0 Å². The molecule has 2 aromatic heterocycles. The molecule has 1 aliphatic rings. The van der Waals surface area contributed by atoms with E-state index in [0.29, 0.717) is 29.1 Å². The summed E-state index contributed by atoms with van der Waals surface area (Å²) in [6.07, 6.45) is 3.50. The Morgan fingerprint density at radius 2 is 2.21 bits per heavy atom. The van der Waals surface area contributed by atoms with Gasteiger partial charge in [-0.25, -0.2) is 9.67 Å². The molecule has 1 N–H and O–H groups in total. The third kappa shape index (κ3) is 4.37. The maximum atomic E-state index is 12.5. The highest BCUT2D eigenvalue weighted by Gasteiger charge is 2.27. The molecule has 28 heavy (non-hydrogen) atoms. The number of amides is 1. The monoisotopic (exact) mass is 415 g/mol. The number of aryl methyl sites for hydroxylation is 1. The molecule has 1 atom stereocenters. The molecule has 146 valence electrons. The summed E-state index contributed by atoms with van der Waals surface area (Å²) in [6, 6.07) is 7.98. The predicted molar refractivity (Wildman–Crippen MR) is 111 cm³/mol. The van der Waals surface area contributed by atoms with Gasteiger partial charge in [0.2, 0.25) is 11.8 Å². The number of likely N-dealkylation sites (tertiary alicyclic amines) is 1. The van der Waals surface area contributed by atoms with E-state index in [4.69, 9.17) is 16.6 Å². The Balaban J connectivity index is 1.42. The third-order valence-corrected chi connectivity index (χ3v) is 5.76. The highest BCUT2D eigenvalue weighted by molar-refractivity contribution is 7.71. The normalized spacial score (nSPS) is 17.5. The number of nitrogens with zero attached hydrogens (tertiary/aromatic N) is 4. The van der Waals surface area contributed by atoms with Gasteiger partial charge in [0.1, 0.15) is 0 Å². The smallest absolute Gasteiger partial charge is 0.288 e. The minimum absolute atomic E-state index is 0.0174. The Bertz CT molecular complexity index is 994. The molecule has 3 heterocycles. The van der Waals surface area contributed by atoms with Crippen LogP contribution in [0.2, 0.25) is 0 Å². The second-order valence-corrected chi connectivity index (χ2v) is 8.17. The molecule has 0 aliphatic carbocycles. The molecule has 3 aromatic rings. The van der Waals surface area contributed by atoms with Crippen molar-refractivity contribution < 1.29 is 9.21 Å². The molecule has 1 saturated heterocycles. The molecule has 0 unspecified atom stereocenters. The van der Waals surface area contributed by atoms with Gasteiger partial charge in [-0.05, 0) is 50.7 Å². The highest BCUT2D eigenvalue weighted by atomic mass is 32.1. The van der Waals surface area contributed by atoms with Crippen molar-refractivity contribution in [3.8, 4) is 11.5 Å². The number of aromatic nitrogens is 3. The second kappa shape index (κ2) is 8.34. The van der Waals surface area contributed by atoms with E-state index in [1.165, 1.54) is 16.9 Å². The zero-order valence-corrected chi connectivity index (χ0v) is 17.1. The number of piperidine rings is 1. The van der Waals surface area contributed by atoms with Crippen LogP contribution < -0.4 is 5.32 Å². The summed E-state index contributed by atoms with van der Waals surface area (Å²) in [4.78, 5) is 19.2. The van der Waals surface area contributed by atoms with Crippen LogP contribution >= 0.6 is 23.6 Å². The van der Waals surface area contributed by atoms with Crippen molar-refractivity contribution in [2.45, 2.75) is 26.4 Å². The Labute approximate surface area is 172 Å². The molecule has 1 aromatic carbocycles. The molecule has 1 aliphatic heterocycles. The SMILES string of the molecule is Cc1ccc(-c2nn(CN3CCC[C@@H](C(=O)Nc4nccs4)C3)c(=S)o2)cc1. The quantitative estimate of drug-likeness (QED) is 0.636. The first kappa shape index (κ1) is 19.0. The highest BCUT2D eigenvalue weighted by Crippen LogP contribution is 2.22. The van der Waals surface area contributed by atoms with Crippen LogP contribution in [0.25, 0.3) is 11.5 Å². The van der Waals surface area contributed by atoms with E-state index in [0.717, 1.165) is 24.9 Å². The van der Waals surface area contributed by atoms with E-state index in [1.54, 1.807) is 10.9 Å². The Kier molecular flexibility index (Phi) is 5.65. The topological polar surface area (TPSA) is 76.2 Å². The predicted octanol–water partition coefficient (Wildman–Crippen LogP) is 3.95. The summed E-state index contributed by atoms with van der Waals surface area (Å²) in [5.74, 6) is 0.458. The Morgan fingerprint density at radius 3 is 2.96 bits per heavy atom. The van der Waals surface area contributed by atoms with Gasteiger partial charge in [0.05, 0.1) is 12.6 Å². The van der Waals surface area contributed by atoms with Crippen LogP contribution in [0.3, 0.4) is 0 Å². The molecule has 9 heteroatoms. The fraction of sp³-hybridized carbons (Fsp3) is 0.368. The van der Waals surface area contributed by atoms with E-state index in [9.17, 15) is 4.79 Å². The minimum Gasteiger partial charge on any atom is -0.409 e. The third-order valence-electron chi connectivity index (χ3n) is 4.78. The van der Waals surface area contributed by atoms with Crippen molar-refractivity contribution in [1.82, 2.24) is 19.7 Å². The number of thiazole rings is 1. The number of rotatable bonds is 5. The maximum absolute atomic E-state index is 12.5. The van der Waals surface area contributed by atoms with Gasteiger partial charge in [0, 0.05) is 23.7 Å². The largest absolute Gasteiger partial charge is 0.409 e. The average Bonchev–Trinajstić information content (AvgIpc) is 3.33. The molecular weight excluding hydrogens is 394 g/mol. The van der Waals surface area contributed by atoms with Gasteiger partial charge in [0.15, 0.2) is 5.13 Å². The molecule has 0 saturated carbocycles. The van der Waals surface area contributed by atoms with E-state index in [2.05, 4.69) is 20.3 Å². The molecule has 0 bridgehead atoms. The van der Waals surface area contributed by atoms with Gasteiger partial charge < -0.3 is 9.73 Å². The summed E-state index contributed by atoms with van der Waals surface area (Å²) in [7, 11) is 0. The minimum atomic E-state index is -0.0738. The number of nitrogens with one attached hydrogen (secondary N) is 1. The molecule has 1 amide bonds. The number of carbonyl (C=O) groups is 1. The van der Waals surface area contributed by atoms with Crippen molar-refractivity contribution in [1.29, 1.82) is 0 Å². The molecule has 1 fully saturated rings. The summed E-state index contributed by atoms with van der Waals surface area (Å²) in [5, 5.41) is 9.92. The fourth-order valence-corrected chi connectivity index (χ4v) is 4.00. The zero-order valence-electron chi connectivity index (χ0n) is 15.5. The molecule has 7 nitrogen and oxygen atoms in total. The van der Waals surface area contributed by atoms with Crippen LogP contribution in [-0.2, 0) is 11.5 Å². The number of hydrogen-bond acceptors (Lipinski definition) is 7. The van der Waals surface area contributed by atoms with Crippen LogP contribution in [0, 0.1) is 17.7 Å². The van der Waals surface area contributed by atoms with Gasteiger partial charge in [0.25, 0.3) is 4.84 Å². The van der Waals surface area contributed by atoms with Gasteiger partial charge in [-0.3, -0.25) is 9.69 Å². The average molecular weight is 416 g/mol. The number of benzene rings is 1. The van der Waals surface area contributed by atoms with Crippen molar-refractivity contribution in [3.05, 3.63) is 46.2 Å². The molecule has 0 spiro atoms. The summed E-state index contributed by atoms with van der Waals surface area (Å²) in [6.45, 7) is 4.10. The fourth-order valence-electron chi connectivity index (χ4n) is 3.29. The van der Waals surface area contributed by atoms with E-state index in [-0.39, 0.29) is 11.8 Å². The lowest BCUT2D eigenvalue weighted by Gasteiger charge is -2.31.